The van der Waals surface area contributed by atoms with Crippen molar-refractivity contribution in [1.82, 2.24) is 4.90 Å². The van der Waals surface area contributed by atoms with Crippen LogP contribution in [0, 0.1) is 5.92 Å². The zero-order valence-corrected chi connectivity index (χ0v) is 12.3. The number of anilines is 1. The molecule has 2 rings (SSSR count). The second-order valence-corrected chi connectivity index (χ2v) is 5.75. The van der Waals surface area contributed by atoms with Crippen LogP contribution in [-0.2, 0) is 11.3 Å². The normalized spacial score (nSPS) is 19.2. The Kier molecular flexibility index (Phi) is 5.56. The second kappa shape index (κ2) is 7.41. The largest absolute Gasteiger partial charge is 0.326 e. The number of amides is 1. The topological polar surface area (TPSA) is 58.4 Å². The van der Waals surface area contributed by atoms with Gasteiger partial charge in [-0.2, -0.15) is 0 Å². The molecule has 0 radical (unpaired) electrons. The standard InChI is InChI=1S/C16H25N3O/c1-13-8-10-19(12-13)9-2-3-16(20)18-15-6-4-14(11-17)5-7-15/h4-7,13H,2-3,8-12,17H2,1H3,(H,18,20). The summed E-state index contributed by atoms with van der Waals surface area (Å²) in [6, 6.07) is 7.70. The van der Waals surface area contributed by atoms with Crippen LogP contribution in [0.5, 0.6) is 0 Å². The first-order chi connectivity index (χ1) is 9.67. The van der Waals surface area contributed by atoms with Gasteiger partial charge in [-0.3, -0.25) is 4.79 Å². The van der Waals surface area contributed by atoms with Crippen LogP contribution < -0.4 is 11.1 Å². The SMILES string of the molecule is CC1CCN(CCCC(=O)Nc2ccc(CN)cc2)C1. The third kappa shape index (κ3) is 4.62. The number of hydrogen-bond donors (Lipinski definition) is 2. The zero-order chi connectivity index (χ0) is 14.4. The number of benzene rings is 1. The zero-order valence-electron chi connectivity index (χ0n) is 12.3. The number of carbonyl (C=O) groups excluding carboxylic acids is 1. The van der Waals surface area contributed by atoms with Crippen LogP contribution in [0.15, 0.2) is 24.3 Å². The summed E-state index contributed by atoms with van der Waals surface area (Å²) in [7, 11) is 0. The van der Waals surface area contributed by atoms with E-state index >= 15 is 0 Å². The lowest BCUT2D eigenvalue weighted by Crippen LogP contribution is -2.23. The average molecular weight is 275 g/mol. The van der Waals surface area contributed by atoms with E-state index in [-0.39, 0.29) is 5.91 Å². The molecule has 0 bridgehead atoms. The maximum absolute atomic E-state index is 11.9. The van der Waals surface area contributed by atoms with E-state index in [0.717, 1.165) is 30.1 Å². The summed E-state index contributed by atoms with van der Waals surface area (Å²) in [6.07, 6.45) is 2.81. The molecule has 1 aliphatic heterocycles. The lowest BCUT2D eigenvalue weighted by Gasteiger charge is -2.14. The molecule has 1 saturated heterocycles. The molecule has 1 heterocycles. The molecule has 0 saturated carbocycles. The van der Waals surface area contributed by atoms with Gasteiger partial charge in [0.05, 0.1) is 0 Å². The number of rotatable bonds is 6. The highest BCUT2D eigenvalue weighted by Crippen LogP contribution is 2.15. The Labute approximate surface area is 121 Å². The Balaban J connectivity index is 1.67. The van der Waals surface area contributed by atoms with Gasteiger partial charge >= 0.3 is 0 Å². The van der Waals surface area contributed by atoms with Crippen molar-refractivity contribution >= 4 is 11.6 Å². The minimum absolute atomic E-state index is 0.0951. The summed E-state index contributed by atoms with van der Waals surface area (Å²) in [5, 5.41) is 2.93. The molecule has 3 N–H and O–H groups in total. The smallest absolute Gasteiger partial charge is 0.224 e. The second-order valence-electron chi connectivity index (χ2n) is 5.75. The fourth-order valence-electron chi connectivity index (χ4n) is 2.64. The predicted octanol–water partition coefficient (Wildman–Crippen LogP) is 2.21. The Bertz CT molecular complexity index is 430. The molecule has 110 valence electrons. The fourth-order valence-corrected chi connectivity index (χ4v) is 2.64. The average Bonchev–Trinajstić information content (AvgIpc) is 2.85. The van der Waals surface area contributed by atoms with Gasteiger partial charge in [-0.1, -0.05) is 19.1 Å². The van der Waals surface area contributed by atoms with Crippen molar-refractivity contribution in [3.8, 4) is 0 Å². The van der Waals surface area contributed by atoms with Gasteiger partial charge in [-0.15, -0.1) is 0 Å². The van der Waals surface area contributed by atoms with Crippen molar-refractivity contribution in [2.24, 2.45) is 11.7 Å². The van der Waals surface area contributed by atoms with Gasteiger partial charge in [-0.05, 0) is 49.5 Å². The number of hydrogen-bond acceptors (Lipinski definition) is 3. The van der Waals surface area contributed by atoms with E-state index in [2.05, 4.69) is 17.1 Å². The number of likely N-dealkylation sites (tertiary alicyclic amines) is 1. The summed E-state index contributed by atoms with van der Waals surface area (Å²) in [6.45, 7) is 6.22. The third-order valence-electron chi connectivity index (χ3n) is 3.86. The van der Waals surface area contributed by atoms with Crippen LogP contribution in [0.1, 0.15) is 31.7 Å². The molecule has 1 aromatic carbocycles. The first-order valence-electron chi connectivity index (χ1n) is 7.48. The molecular formula is C16H25N3O. The van der Waals surface area contributed by atoms with Crippen molar-refractivity contribution in [3.63, 3.8) is 0 Å². The van der Waals surface area contributed by atoms with E-state index in [1.54, 1.807) is 0 Å². The van der Waals surface area contributed by atoms with Crippen molar-refractivity contribution in [2.45, 2.75) is 32.7 Å². The maximum atomic E-state index is 11.9. The Morgan fingerprint density at radius 3 is 2.75 bits per heavy atom. The van der Waals surface area contributed by atoms with Crippen LogP contribution in [0.4, 0.5) is 5.69 Å². The number of nitrogens with two attached hydrogens (primary N) is 1. The van der Waals surface area contributed by atoms with Crippen LogP contribution in [0.25, 0.3) is 0 Å². The highest BCUT2D eigenvalue weighted by atomic mass is 16.1. The van der Waals surface area contributed by atoms with Gasteiger partial charge in [0.15, 0.2) is 0 Å². The Morgan fingerprint density at radius 2 is 2.15 bits per heavy atom. The molecule has 20 heavy (non-hydrogen) atoms. The van der Waals surface area contributed by atoms with Crippen LogP contribution in [0.2, 0.25) is 0 Å². The van der Waals surface area contributed by atoms with E-state index < -0.39 is 0 Å². The van der Waals surface area contributed by atoms with E-state index in [4.69, 9.17) is 5.73 Å². The molecule has 1 atom stereocenters. The molecule has 1 unspecified atom stereocenters. The molecule has 0 aromatic heterocycles. The lowest BCUT2D eigenvalue weighted by molar-refractivity contribution is -0.116. The number of nitrogens with one attached hydrogen (secondary N) is 1. The molecule has 1 aliphatic rings. The van der Waals surface area contributed by atoms with Gasteiger partial charge in [0.2, 0.25) is 5.91 Å². The molecule has 4 heteroatoms. The van der Waals surface area contributed by atoms with E-state index in [1.807, 2.05) is 24.3 Å². The third-order valence-corrected chi connectivity index (χ3v) is 3.86. The molecule has 0 aliphatic carbocycles. The predicted molar refractivity (Wildman–Crippen MR) is 82.4 cm³/mol. The first kappa shape index (κ1) is 15.0. The molecule has 1 aromatic rings. The minimum Gasteiger partial charge on any atom is -0.326 e. The van der Waals surface area contributed by atoms with Crippen molar-refractivity contribution in [3.05, 3.63) is 29.8 Å². The molecule has 1 fully saturated rings. The van der Waals surface area contributed by atoms with Crippen molar-refractivity contribution in [2.75, 3.05) is 25.0 Å². The summed E-state index contributed by atoms with van der Waals surface area (Å²) in [5.74, 6) is 0.905. The van der Waals surface area contributed by atoms with Crippen LogP contribution >= 0.6 is 0 Å². The minimum atomic E-state index is 0.0951. The monoisotopic (exact) mass is 275 g/mol. The Hall–Kier alpha value is -1.39. The van der Waals surface area contributed by atoms with E-state index in [1.165, 1.54) is 19.5 Å². The number of carbonyl (C=O) groups is 1. The highest BCUT2D eigenvalue weighted by Gasteiger charge is 2.17. The van der Waals surface area contributed by atoms with Gasteiger partial charge < -0.3 is 16.0 Å². The summed E-state index contributed by atoms with van der Waals surface area (Å²) >= 11 is 0. The molecule has 0 spiro atoms. The van der Waals surface area contributed by atoms with Crippen LogP contribution in [0.3, 0.4) is 0 Å². The number of nitrogens with zero attached hydrogens (tertiary/aromatic N) is 1. The van der Waals surface area contributed by atoms with Crippen LogP contribution in [-0.4, -0.2) is 30.4 Å². The Morgan fingerprint density at radius 1 is 1.40 bits per heavy atom. The van der Waals surface area contributed by atoms with E-state index in [9.17, 15) is 4.79 Å². The quantitative estimate of drug-likeness (QED) is 0.837. The van der Waals surface area contributed by atoms with Crippen molar-refractivity contribution < 1.29 is 4.79 Å². The summed E-state index contributed by atoms with van der Waals surface area (Å²) in [4.78, 5) is 14.3. The molecule has 1 amide bonds. The van der Waals surface area contributed by atoms with Gasteiger partial charge in [0.25, 0.3) is 0 Å². The fraction of sp³-hybridized carbons (Fsp3) is 0.562. The van der Waals surface area contributed by atoms with Crippen molar-refractivity contribution in [1.29, 1.82) is 0 Å². The lowest BCUT2D eigenvalue weighted by atomic mass is 10.2. The van der Waals surface area contributed by atoms with Gasteiger partial charge in [-0.25, -0.2) is 0 Å². The van der Waals surface area contributed by atoms with Gasteiger partial charge in [0.1, 0.15) is 0 Å². The highest BCUT2D eigenvalue weighted by molar-refractivity contribution is 5.90. The van der Waals surface area contributed by atoms with Gasteiger partial charge in [0, 0.05) is 25.2 Å². The molecular weight excluding hydrogens is 250 g/mol. The maximum Gasteiger partial charge on any atom is 0.224 e. The summed E-state index contributed by atoms with van der Waals surface area (Å²) in [5.41, 5.74) is 7.47. The van der Waals surface area contributed by atoms with E-state index in [0.29, 0.717) is 13.0 Å². The summed E-state index contributed by atoms with van der Waals surface area (Å²) < 4.78 is 0. The molecule has 4 nitrogen and oxygen atoms in total. The first-order valence-corrected chi connectivity index (χ1v) is 7.48.